The van der Waals surface area contributed by atoms with Gasteiger partial charge in [-0.1, -0.05) is 11.6 Å². The maximum absolute atomic E-state index is 11.7. The molecule has 0 aliphatic carbocycles. The van der Waals surface area contributed by atoms with Crippen LogP contribution in [0.5, 0.6) is 0 Å². The van der Waals surface area contributed by atoms with Gasteiger partial charge in [0.25, 0.3) is 5.91 Å². The second-order valence-corrected chi connectivity index (χ2v) is 6.02. The van der Waals surface area contributed by atoms with Crippen molar-refractivity contribution in [2.24, 2.45) is 0 Å². The number of carbonyl (C=O) groups excluding carboxylic acids is 1. The molecule has 6 heteroatoms. The minimum absolute atomic E-state index is 0.0450. The fraction of sp³-hybridized carbons (Fsp3) is 0.286. The summed E-state index contributed by atoms with van der Waals surface area (Å²) in [7, 11) is 0. The van der Waals surface area contributed by atoms with Crippen molar-refractivity contribution in [3.63, 3.8) is 0 Å². The van der Waals surface area contributed by atoms with Gasteiger partial charge in [-0.05, 0) is 37.6 Å². The molecule has 0 aliphatic rings. The summed E-state index contributed by atoms with van der Waals surface area (Å²) in [6.45, 7) is 5.18. The Balaban J connectivity index is 2.04. The van der Waals surface area contributed by atoms with Crippen LogP contribution < -0.4 is 10.6 Å². The molecule has 20 heavy (non-hydrogen) atoms. The lowest BCUT2D eigenvalue weighted by Gasteiger charge is -2.10. The summed E-state index contributed by atoms with van der Waals surface area (Å²) in [5.41, 5.74) is 2.71. The van der Waals surface area contributed by atoms with Crippen molar-refractivity contribution in [2.75, 3.05) is 11.9 Å². The topological polar surface area (TPSA) is 54.0 Å². The van der Waals surface area contributed by atoms with Crippen molar-refractivity contribution < 1.29 is 4.79 Å². The number of nitrogens with one attached hydrogen (secondary N) is 2. The van der Waals surface area contributed by atoms with Gasteiger partial charge in [-0.25, -0.2) is 4.98 Å². The Kier molecular flexibility index (Phi) is 4.98. The van der Waals surface area contributed by atoms with E-state index in [0.29, 0.717) is 23.1 Å². The Morgan fingerprint density at radius 1 is 1.45 bits per heavy atom. The van der Waals surface area contributed by atoms with E-state index in [-0.39, 0.29) is 5.91 Å². The largest absolute Gasteiger partial charge is 0.380 e. The highest BCUT2D eigenvalue weighted by atomic mass is 35.5. The quantitative estimate of drug-likeness (QED) is 0.889. The molecule has 2 N–H and O–H groups in total. The molecular weight excluding hydrogens is 294 g/mol. The predicted octanol–water partition coefficient (Wildman–Crippen LogP) is 3.47. The first-order valence-electron chi connectivity index (χ1n) is 6.33. The summed E-state index contributed by atoms with van der Waals surface area (Å²) in [5.74, 6) is -0.0450. The van der Waals surface area contributed by atoms with Crippen LogP contribution in [0.25, 0.3) is 0 Å². The van der Waals surface area contributed by atoms with Crippen LogP contribution in [-0.2, 0) is 6.54 Å². The third kappa shape index (κ3) is 3.71. The molecule has 0 radical (unpaired) electrons. The molecular formula is C14H16ClN3OS. The number of aromatic nitrogens is 1. The third-order valence-corrected chi connectivity index (χ3v) is 3.92. The van der Waals surface area contributed by atoms with Crippen LogP contribution in [0.15, 0.2) is 24.4 Å². The van der Waals surface area contributed by atoms with E-state index in [1.54, 1.807) is 6.20 Å². The molecule has 1 heterocycles. The molecule has 0 bridgehead atoms. The summed E-state index contributed by atoms with van der Waals surface area (Å²) >= 11 is 7.25. The number of nitrogens with zero attached hydrogens (tertiary/aromatic N) is 1. The molecule has 0 spiro atoms. The molecule has 106 valence electrons. The first kappa shape index (κ1) is 14.8. The lowest BCUT2D eigenvalue weighted by atomic mass is 10.1. The van der Waals surface area contributed by atoms with Crippen LogP contribution in [0.3, 0.4) is 0 Å². The zero-order valence-electron chi connectivity index (χ0n) is 11.4. The molecule has 0 aliphatic heterocycles. The van der Waals surface area contributed by atoms with Gasteiger partial charge < -0.3 is 10.6 Å². The van der Waals surface area contributed by atoms with E-state index >= 15 is 0 Å². The number of halogens is 1. The van der Waals surface area contributed by atoms with E-state index in [1.165, 1.54) is 11.3 Å². The predicted molar refractivity (Wildman–Crippen MR) is 83.6 cm³/mol. The average Bonchev–Trinajstić information content (AvgIpc) is 2.83. The molecule has 1 aromatic carbocycles. The van der Waals surface area contributed by atoms with Gasteiger partial charge in [-0.3, -0.25) is 4.79 Å². The van der Waals surface area contributed by atoms with E-state index in [4.69, 9.17) is 11.6 Å². The number of benzene rings is 1. The van der Waals surface area contributed by atoms with Crippen molar-refractivity contribution in [3.05, 3.63) is 44.9 Å². The zero-order chi connectivity index (χ0) is 14.5. The smallest absolute Gasteiger partial charge is 0.251 e. The van der Waals surface area contributed by atoms with Crippen molar-refractivity contribution in [1.29, 1.82) is 0 Å². The highest BCUT2D eigenvalue weighted by Gasteiger charge is 2.07. The van der Waals surface area contributed by atoms with Crippen LogP contribution >= 0.6 is 22.9 Å². The number of thiazole rings is 1. The standard InChI is InChI=1S/C14H16ClN3OS/c1-3-16-13(19)10-4-5-12(9(2)6-10)17-7-11-8-18-14(15)20-11/h4-6,8,17H,3,7H2,1-2H3,(H,16,19). The molecule has 2 rings (SSSR count). The van der Waals surface area contributed by atoms with E-state index in [9.17, 15) is 4.79 Å². The van der Waals surface area contributed by atoms with E-state index in [2.05, 4.69) is 15.6 Å². The molecule has 0 unspecified atom stereocenters. The Morgan fingerprint density at radius 2 is 2.25 bits per heavy atom. The molecule has 1 aromatic heterocycles. The summed E-state index contributed by atoms with van der Waals surface area (Å²) in [6, 6.07) is 5.62. The lowest BCUT2D eigenvalue weighted by molar-refractivity contribution is 0.0956. The maximum Gasteiger partial charge on any atom is 0.251 e. The van der Waals surface area contributed by atoms with E-state index in [0.717, 1.165) is 16.1 Å². The summed E-state index contributed by atoms with van der Waals surface area (Å²) in [6.07, 6.45) is 1.76. The Hall–Kier alpha value is -1.59. The first-order chi connectivity index (χ1) is 9.60. The van der Waals surface area contributed by atoms with Crippen LogP contribution in [-0.4, -0.2) is 17.4 Å². The zero-order valence-corrected chi connectivity index (χ0v) is 12.9. The summed E-state index contributed by atoms with van der Waals surface area (Å²) < 4.78 is 0.546. The molecule has 1 amide bonds. The van der Waals surface area contributed by atoms with Gasteiger partial charge in [0.15, 0.2) is 4.47 Å². The van der Waals surface area contributed by atoms with Gasteiger partial charge >= 0.3 is 0 Å². The normalized spacial score (nSPS) is 10.3. The first-order valence-corrected chi connectivity index (χ1v) is 7.52. The number of carbonyl (C=O) groups is 1. The molecule has 0 fully saturated rings. The monoisotopic (exact) mass is 309 g/mol. The minimum Gasteiger partial charge on any atom is -0.380 e. The molecule has 0 saturated heterocycles. The highest BCUT2D eigenvalue weighted by molar-refractivity contribution is 7.15. The number of hydrogen-bond acceptors (Lipinski definition) is 4. The van der Waals surface area contributed by atoms with Crippen LogP contribution in [0.4, 0.5) is 5.69 Å². The number of rotatable bonds is 5. The molecule has 2 aromatic rings. The maximum atomic E-state index is 11.7. The summed E-state index contributed by atoms with van der Waals surface area (Å²) in [4.78, 5) is 16.8. The third-order valence-electron chi connectivity index (χ3n) is 2.80. The molecule has 0 saturated carbocycles. The van der Waals surface area contributed by atoms with Gasteiger partial charge in [0.2, 0.25) is 0 Å². The molecule has 0 atom stereocenters. The van der Waals surface area contributed by atoms with Gasteiger partial charge in [-0.15, -0.1) is 11.3 Å². The Bertz CT molecular complexity index is 612. The second-order valence-electron chi connectivity index (χ2n) is 4.32. The Morgan fingerprint density at radius 3 is 2.85 bits per heavy atom. The van der Waals surface area contributed by atoms with Gasteiger partial charge in [0.05, 0.1) is 6.54 Å². The molecule has 4 nitrogen and oxygen atoms in total. The number of aryl methyl sites for hydroxylation is 1. The second kappa shape index (κ2) is 6.72. The minimum atomic E-state index is -0.0450. The fourth-order valence-electron chi connectivity index (χ4n) is 1.81. The van der Waals surface area contributed by atoms with Crippen molar-refractivity contribution in [1.82, 2.24) is 10.3 Å². The van der Waals surface area contributed by atoms with Gasteiger partial charge in [0, 0.05) is 28.9 Å². The van der Waals surface area contributed by atoms with Crippen molar-refractivity contribution >= 4 is 34.5 Å². The fourth-order valence-corrected chi connectivity index (χ4v) is 2.73. The highest BCUT2D eigenvalue weighted by Crippen LogP contribution is 2.21. The van der Waals surface area contributed by atoms with Crippen LogP contribution in [0, 0.1) is 6.92 Å². The van der Waals surface area contributed by atoms with Crippen molar-refractivity contribution in [2.45, 2.75) is 20.4 Å². The Labute approximate surface area is 127 Å². The number of amides is 1. The van der Waals surface area contributed by atoms with Crippen LogP contribution in [0.2, 0.25) is 4.47 Å². The summed E-state index contributed by atoms with van der Waals surface area (Å²) in [5, 5.41) is 6.11. The van der Waals surface area contributed by atoms with Gasteiger partial charge in [-0.2, -0.15) is 0 Å². The number of hydrogen-bond donors (Lipinski definition) is 2. The van der Waals surface area contributed by atoms with E-state index in [1.807, 2.05) is 32.0 Å². The lowest BCUT2D eigenvalue weighted by Crippen LogP contribution is -2.22. The SMILES string of the molecule is CCNC(=O)c1ccc(NCc2cnc(Cl)s2)c(C)c1. The van der Waals surface area contributed by atoms with Crippen LogP contribution in [0.1, 0.15) is 27.7 Å². The van der Waals surface area contributed by atoms with Gasteiger partial charge in [0.1, 0.15) is 0 Å². The van der Waals surface area contributed by atoms with Crippen molar-refractivity contribution in [3.8, 4) is 0 Å². The average molecular weight is 310 g/mol. The van der Waals surface area contributed by atoms with E-state index < -0.39 is 0 Å². The number of anilines is 1.